The Balaban J connectivity index is 1.81. The van der Waals surface area contributed by atoms with E-state index >= 15 is 0 Å². The fraction of sp³-hybridized carbons (Fsp3) is 0.111. The van der Waals surface area contributed by atoms with Crippen molar-refractivity contribution >= 4 is 23.1 Å². The molecule has 0 spiro atoms. The third kappa shape index (κ3) is 3.65. The van der Waals surface area contributed by atoms with Gasteiger partial charge in [-0.3, -0.25) is 0 Å². The van der Waals surface area contributed by atoms with E-state index in [4.69, 9.17) is 5.26 Å². The number of aryl methyl sites for hydroxylation is 2. The van der Waals surface area contributed by atoms with Crippen LogP contribution in [0.4, 0.5) is 23.1 Å². The number of benzene rings is 2. The summed E-state index contributed by atoms with van der Waals surface area (Å²) in [5.74, 6) is 0.957. The first kappa shape index (κ1) is 15.4. The largest absolute Gasteiger partial charge is 0.339 e. The first-order valence-corrected chi connectivity index (χ1v) is 7.45. The Hall–Kier alpha value is -3.46. The van der Waals surface area contributed by atoms with Gasteiger partial charge >= 0.3 is 0 Å². The lowest BCUT2D eigenvalue weighted by Crippen LogP contribution is -2.03. The summed E-state index contributed by atoms with van der Waals surface area (Å²) in [5.41, 5.74) is 4.55. The topological polar surface area (TPSA) is 86.5 Å². The molecule has 0 aliphatic rings. The summed E-state index contributed by atoms with van der Waals surface area (Å²) in [6, 6.07) is 15.4. The molecule has 0 fully saturated rings. The molecular formula is C18H16N6. The van der Waals surface area contributed by atoms with Crippen molar-refractivity contribution in [2.75, 3.05) is 10.6 Å². The molecule has 0 amide bonds. The zero-order valence-electron chi connectivity index (χ0n) is 13.4. The first-order chi connectivity index (χ1) is 11.6. The smallest absolute Gasteiger partial charge is 0.249 e. The van der Waals surface area contributed by atoms with Crippen LogP contribution in [0.3, 0.4) is 0 Å². The molecule has 24 heavy (non-hydrogen) atoms. The number of nitriles is 1. The number of hydrogen-bond acceptors (Lipinski definition) is 6. The fourth-order valence-corrected chi connectivity index (χ4v) is 2.22. The lowest BCUT2D eigenvalue weighted by Gasteiger charge is -2.10. The molecule has 1 heterocycles. The van der Waals surface area contributed by atoms with Crippen LogP contribution >= 0.6 is 0 Å². The predicted molar refractivity (Wildman–Crippen MR) is 93.5 cm³/mol. The minimum absolute atomic E-state index is 0.408. The van der Waals surface area contributed by atoms with Gasteiger partial charge in [0.1, 0.15) is 0 Å². The van der Waals surface area contributed by atoms with Gasteiger partial charge in [0.25, 0.3) is 0 Å². The molecule has 6 heteroatoms. The molecule has 0 unspecified atom stereocenters. The highest BCUT2D eigenvalue weighted by Crippen LogP contribution is 2.21. The van der Waals surface area contributed by atoms with Crippen LogP contribution in [0, 0.1) is 25.2 Å². The average molecular weight is 316 g/mol. The van der Waals surface area contributed by atoms with Gasteiger partial charge in [0, 0.05) is 11.4 Å². The van der Waals surface area contributed by atoms with Crippen molar-refractivity contribution in [3.8, 4) is 6.07 Å². The SMILES string of the molecule is Cc1ccc(C)c(Nc2nncc(Nc3cccc(C#N)c3)n2)c1. The molecule has 0 radical (unpaired) electrons. The molecule has 0 saturated carbocycles. The van der Waals surface area contributed by atoms with Crippen LogP contribution in [-0.4, -0.2) is 15.2 Å². The van der Waals surface area contributed by atoms with E-state index in [9.17, 15) is 0 Å². The number of aromatic nitrogens is 3. The molecule has 0 saturated heterocycles. The molecule has 0 atom stereocenters. The van der Waals surface area contributed by atoms with Gasteiger partial charge in [0.15, 0.2) is 5.82 Å². The maximum Gasteiger partial charge on any atom is 0.249 e. The Morgan fingerprint density at radius 2 is 1.92 bits per heavy atom. The minimum atomic E-state index is 0.408. The molecule has 1 aromatic heterocycles. The zero-order valence-corrected chi connectivity index (χ0v) is 13.4. The molecule has 3 rings (SSSR count). The predicted octanol–water partition coefficient (Wildman–Crippen LogP) is 3.85. The van der Waals surface area contributed by atoms with Gasteiger partial charge in [-0.05, 0) is 49.2 Å². The summed E-state index contributed by atoms with van der Waals surface area (Å²) in [7, 11) is 0. The number of anilines is 4. The second kappa shape index (κ2) is 6.75. The lowest BCUT2D eigenvalue weighted by molar-refractivity contribution is 0.981. The Bertz CT molecular complexity index is 913. The van der Waals surface area contributed by atoms with Gasteiger partial charge in [0.05, 0.1) is 17.8 Å². The van der Waals surface area contributed by atoms with Gasteiger partial charge in [-0.1, -0.05) is 18.2 Å². The van der Waals surface area contributed by atoms with Gasteiger partial charge in [0.2, 0.25) is 5.95 Å². The number of rotatable bonds is 4. The van der Waals surface area contributed by atoms with Crippen molar-refractivity contribution < 1.29 is 0 Å². The van der Waals surface area contributed by atoms with Crippen molar-refractivity contribution in [3.63, 3.8) is 0 Å². The number of hydrogen-bond donors (Lipinski definition) is 2. The van der Waals surface area contributed by atoms with E-state index in [1.54, 1.807) is 12.1 Å². The number of nitrogens with zero attached hydrogens (tertiary/aromatic N) is 4. The van der Waals surface area contributed by atoms with Gasteiger partial charge in [-0.15, -0.1) is 5.10 Å². The zero-order chi connectivity index (χ0) is 16.9. The van der Waals surface area contributed by atoms with E-state index < -0.39 is 0 Å². The molecule has 0 aliphatic heterocycles. The maximum atomic E-state index is 8.96. The summed E-state index contributed by atoms with van der Waals surface area (Å²) in [5, 5.41) is 23.3. The van der Waals surface area contributed by atoms with Gasteiger partial charge < -0.3 is 10.6 Å². The third-order valence-electron chi connectivity index (χ3n) is 3.46. The highest BCUT2D eigenvalue weighted by Gasteiger charge is 2.05. The quantitative estimate of drug-likeness (QED) is 0.760. The van der Waals surface area contributed by atoms with Crippen LogP contribution in [0.15, 0.2) is 48.7 Å². The van der Waals surface area contributed by atoms with Crippen LogP contribution in [0.1, 0.15) is 16.7 Å². The van der Waals surface area contributed by atoms with Crippen molar-refractivity contribution in [3.05, 3.63) is 65.4 Å². The summed E-state index contributed by atoms with van der Waals surface area (Å²) in [6.07, 6.45) is 1.54. The Kier molecular flexibility index (Phi) is 4.34. The molecule has 3 aromatic rings. The van der Waals surface area contributed by atoms with E-state index in [2.05, 4.69) is 38.0 Å². The highest BCUT2D eigenvalue weighted by atomic mass is 15.3. The second-order valence-electron chi connectivity index (χ2n) is 5.43. The van der Waals surface area contributed by atoms with Crippen LogP contribution in [0.5, 0.6) is 0 Å². The average Bonchev–Trinajstić information content (AvgIpc) is 2.59. The highest BCUT2D eigenvalue weighted by molar-refractivity contribution is 5.62. The standard InChI is InChI=1S/C18H16N6/c1-12-6-7-13(2)16(8-12)22-18-23-17(11-20-24-18)21-15-5-3-4-14(9-15)10-19/h3-9,11H,1-2H3,(H2,21,22,23,24). The first-order valence-electron chi connectivity index (χ1n) is 7.45. The molecule has 6 nitrogen and oxygen atoms in total. The minimum Gasteiger partial charge on any atom is -0.339 e. The summed E-state index contributed by atoms with van der Waals surface area (Å²) >= 11 is 0. The van der Waals surface area contributed by atoms with Crippen LogP contribution < -0.4 is 10.6 Å². The van der Waals surface area contributed by atoms with E-state index in [0.717, 1.165) is 22.5 Å². The monoisotopic (exact) mass is 316 g/mol. The Labute approximate surface area is 140 Å². The van der Waals surface area contributed by atoms with Crippen molar-refractivity contribution in [2.45, 2.75) is 13.8 Å². The van der Waals surface area contributed by atoms with Crippen molar-refractivity contribution in [2.24, 2.45) is 0 Å². The molecule has 118 valence electrons. The van der Waals surface area contributed by atoms with Crippen LogP contribution in [-0.2, 0) is 0 Å². The van der Waals surface area contributed by atoms with Crippen molar-refractivity contribution in [1.29, 1.82) is 5.26 Å². The maximum absolute atomic E-state index is 8.96. The Morgan fingerprint density at radius 3 is 2.75 bits per heavy atom. The van der Waals surface area contributed by atoms with Crippen LogP contribution in [0.25, 0.3) is 0 Å². The fourth-order valence-electron chi connectivity index (χ4n) is 2.22. The molecule has 0 aliphatic carbocycles. The summed E-state index contributed by atoms with van der Waals surface area (Å²) in [4.78, 5) is 4.41. The molecule has 0 bridgehead atoms. The Morgan fingerprint density at radius 1 is 1.04 bits per heavy atom. The van der Waals surface area contributed by atoms with E-state index in [0.29, 0.717) is 17.3 Å². The van der Waals surface area contributed by atoms with E-state index in [-0.39, 0.29) is 0 Å². The number of nitrogens with one attached hydrogen (secondary N) is 2. The van der Waals surface area contributed by atoms with E-state index in [1.165, 1.54) is 6.20 Å². The normalized spacial score (nSPS) is 10.0. The van der Waals surface area contributed by atoms with Crippen molar-refractivity contribution in [1.82, 2.24) is 15.2 Å². The van der Waals surface area contributed by atoms with Gasteiger partial charge in [-0.25, -0.2) is 0 Å². The summed E-state index contributed by atoms with van der Waals surface area (Å²) in [6.45, 7) is 4.05. The second-order valence-corrected chi connectivity index (χ2v) is 5.43. The summed E-state index contributed by atoms with van der Waals surface area (Å²) < 4.78 is 0. The third-order valence-corrected chi connectivity index (χ3v) is 3.46. The lowest BCUT2D eigenvalue weighted by atomic mass is 10.1. The van der Waals surface area contributed by atoms with E-state index in [1.807, 2.05) is 38.1 Å². The molecular weight excluding hydrogens is 300 g/mol. The molecule has 2 N–H and O–H groups in total. The van der Waals surface area contributed by atoms with Gasteiger partial charge in [-0.2, -0.15) is 15.3 Å². The molecule has 2 aromatic carbocycles. The van der Waals surface area contributed by atoms with Crippen LogP contribution in [0.2, 0.25) is 0 Å².